The van der Waals surface area contributed by atoms with Crippen LogP contribution in [-0.4, -0.2) is 14.8 Å². The van der Waals surface area contributed by atoms with Gasteiger partial charge >= 0.3 is 0 Å². The van der Waals surface area contributed by atoms with Crippen LogP contribution in [0.5, 0.6) is 0 Å². The summed E-state index contributed by atoms with van der Waals surface area (Å²) < 4.78 is 7.77. The van der Waals surface area contributed by atoms with E-state index in [1.807, 2.05) is 59.4 Å². The lowest BCUT2D eigenvalue weighted by molar-refractivity contribution is 0.620. The molecule has 0 saturated heterocycles. The lowest BCUT2D eigenvalue weighted by atomic mass is 10.1. The molecule has 0 radical (unpaired) electrons. The summed E-state index contributed by atoms with van der Waals surface area (Å²) in [4.78, 5) is 4.70. The number of hydrogen-bond acceptors (Lipinski definition) is 3. The molecule has 2 aromatic heterocycles. The van der Waals surface area contributed by atoms with E-state index in [2.05, 4.69) is 23.3 Å². The molecule has 0 N–H and O–H groups in total. The predicted octanol–water partition coefficient (Wildman–Crippen LogP) is 4.83. The summed E-state index contributed by atoms with van der Waals surface area (Å²) in [6.45, 7) is 0. The van der Waals surface area contributed by atoms with Crippen LogP contribution >= 0.6 is 0 Å². The van der Waals surface area contributed by atoms with Crippen molar-refractivity contribution in [3.05, 3.63) is 79.1 Å². The van der Waals surface area contributed by atoms with E-state index in [9.17, 15) is 0 Å². The third-order valence-electron chi connectivity index (χ3n) is 4.13. The van der Waals surface area contributed by atoms with Crippen molar-refractivity contribution in [3.63, 3.8) is 0 Å². The smallest absolute Gasteiger partial charge is 0.230 e. The average molecular weight is 311 g/mol. The second-order valence-electron chi connectivity index (χ2n) is 5.66. The van der Waals surface area contributed by atoms with Crippen molar-refractivity contribution >= 4 is 21.9 Å². The number of fused-ring (bicyclic) bond motifs is 3. The fourth-order valence-corrected chi connectivity index (χ4v) is 2.94. The number of para-hydroxylation sites is 1. The summed E-state index contributed by atoms with van der Waals surface area (Å²) in [7, 11) is 0. The van der Waals surface area contributed by atoms with E-state index in [4.69, 9.17) is 9.40 Å². The molecule has 4 heteroatoms. The van der Waals surface area contributed by atoms with Crippen LogP contribution in [0.2, 0.25) is 0 Å². The standard InChI is InChI=1S/C20H13N3O/c1-2-7-16(8-3-1)23-13-15(12-21-23)20-22-19-17-9-5-4-6-14(17)10-11-18(19)24-20/h1-13H. The largest absolute Gasteiger partial charge is 0.436 e. The molecule has 0 amide bonds. The van der Waals surface area contributed by atoms with E-state index in [0.717, 1.165) is 33.1 Å². The van der Waals surface area contributed by atoms with Crippen molar-refractivity contribution < 1.29 is 4.42 Å². The molecule has 0 atom stereocenters. The van der Waals surface area contributed by atoms with E-state index in [1.54, 1.807) is 6.20 Å². The van der Waals surface area contributed by atoms with Gasteiger partial charge in [-0.3, -0.25) is 0 Å². The van der Waals surface area contributed by atoms with E-state index in [1.165, 1.54) is 0 Å². The minimum atomic E-state index is 0.587. The van der Waals surface area contributed by atoms with Gasteiger partial charge in [-0.25, -0.2) is 9.67 Å². The summed E-state index contributed by atoms with van der Waals surface area (Å²) in [5.74, 6) is 0.587. The maximum atomic E-state index is 5.95. The first-order valence-corrected chi connectivity index (χ1v) is 7.77. The maximum Gasteiger partial charge on any atom is 0.230 e. The minimum Gasteiger partial charge on any atom is -0.436 e. The molecule has 0 aliphatic carbocycles. The summed E-state index contributed by atoms with van der Waals surface area (Å²) >= 11 is 0. The number of aromatic nitrogens is 3. The van der Waals surface area contributed by atoms with Crippen molar-refractivity contribution in [1.82, 2.24) is 14.8 Å². The topological polar surface area (TPSA) is 43.9 Å². The molecule has 0 fully saturated rings. The van der Waals surface area contributed by atoms with Gasteiger partial charge in [-0.15, -0.1) is 0 Å². The van der Waals surface area contributed by atoms with Crippen LogP contribution in [0.15, 0.2) is 83.5 Å². The molecule has 5 rings (SSSR count). The monoisotopic (exact) mass is 311 g/mol. The summed E-state index contributed by atoms with van der Waals surface area (Å²) in [5.41, 5.74) is 3.54. The third kappa shape index (κ3) is 2.01. The van der Waals surface area contributed by atoms with Crippen LogP contribution in [0, 0.1) is 0 Å². The van der Waals surface area contributed by atoms with Gasteiger partial charge in [-0.05, 0) is 23.6 Å². The number of nitrogens with zero attached hydrogens (tertiary/aromatic N) is 3. The van der Waals surface area contributed by atoms with Gasteiger partial charge in [0.2, 0.25) is 5.89 Å². The Balaban J connectivity index is 1.65. The first-order chi connectivity index (χ1) is 11.9. The Kier molecular flexibility index (Phi) is 2.76. The highest BCUT2D eigenvalue weighted by Crippen LogP contribution is 2.29. The van der Waals surface area contributed by atoms with Crippen molar-refractivity contribution in [2.24, 2.45) is 0 Å². The number of rotatable bonds is 2. The first kappa shape index (κ1) is 13.1. The minimum absolute atomic E-state index is 0.587. The van der Waals surface area contributed by atoms with Gasteiger partial charge in [0.25, 0.3) is 0 Å². The average Bonchev–Trinajstić information content (AvgIpc) is 3.29. The highest BCUT2D eigenvalue weighted by molar-refractivity contribution is 6.03. The zero-order chi connectivity index (χ0) is 15.9. The lowest BCUT2D eigenvalue weighted by Gasteiger charge is -1.98. The van der Waals surface area contributed by atoms with Gasteiger partial charge < -0.3 is 4.42 Å². The van der Waals surface area contributed by atoms with E-state index >= 15 is 0 Å². The molecule has 114 valence electrons. The van der Waals surface area contributed by atoms with Crippen LogP contribution in [0.3, 0.4) is 0 Å². The Morgan fingerprint density at radius 3 is 2.58 bits per heavy atom. The molecular weight excluding hydrogens is 298 g/mol. The van der Waals surface area contributed by atoms with Crippen LogP contribution in [0.1, 0.15) is 0 Å². The number of benzene rings is 3. The first-order valence-electron chi connectivity index (χ1n) is 7.77. The lowest BCUT2D eigenvalue weighted by Crippen LogP contribution is -1.92. The highest BCUT2D eigenvalue weighted by atomic mass is 16.3. The SMILES string of the molecule is c1ccc(-n2cc(-c3nc4c(ccc5ccccc54)o3)cn2)cc1. The molecule has 3 aromatic carbocycles. The molecule has 0 saturated carbocycles. The molecule has 0 unspecified atom stereocenters. The van der Waals surface area contributed by atoms with Gasteiger partial charge in [0.15, 0.2) is 5.58 Å². The summed E-state index contributed by atoms with van der Waals surface area (Å²) in [6.07, 6.45) is 3.71. The zero-order valence-electron chi connectivity index (χ0n) is 12.8. The van der Waals surface area contributed by atoms with E-state index in [0.29, 0.717) is 5.89 Å². The number of hydrogen-bond donors (Lipinski definition) is 0. The van der Waals surface area contributed by atoms with Gasteiger partial charge in [-0.1, -0.05) is 48.5 Å². The van der Waals surface area contributed by atoms with Crippen molar-refractivity contribution in [1.29, 1.82) is 0 Å². The van der Waals surface area contributed by atoms with Gasteiger partial charge in [-0.2, -0.15) is 5.10 Å². The quantitative estimate of drug-likeness (QED) is 0.469. The fraction of sp³-hybridized carbons (Fsp3) is 0. The van der Waals surface area contributed by atoms with Crippen LogP contribution in [0.4, 0.5) is 0 Å². The van der Waals surface area contributed by atoms with Crippen LogP contribution < -0.4 is 0 Å². The van der Waals surface area contributed by atoms with Crippen LogP contribution in [-0.2, 0) is 0 Å². The number of oxazole rings is 1. The molecule has 0 bridgehead atoms. The Morgan fingerprint density at radius 2 is 1.67 bits per heavy atom. The van der Waals surface area contributed by atoms with Crippen molar-refractivity contribution in [3.8, 4) is 17.1 Å². The van der Waals surface area contributed by atoms with Crippen LogP contribution in [0.25, 0.3) is 39.0 Å². The normalized spacial score (nSPS) is 11.3. The molecule has 4 nitrogen and oxygen atoms in total. The zero-order valence-corrected chi connectivity index (χ0v) is 12.8. The van der Waals surface area contributed by atoms with Gasteiger partial charge in [0, 0.05) is 11.6 Å². The molecule has 0 aliphatic rings. The second kappa shape index (κ2) is 5.06. The molecule has 5 aromatic rings. The Hall–Kier alpha value is -3.40. The third-order valence-corrected chi connectivity index (χ3v) is 4.13. The fourth-order valence-electron chi connectivity index (χ4n) is 2.94. The van der Waals surface area contributed by atoms with Gasteiger partial charge in [0.1, 0.15) is 5.52 Å². The molecule has 0 aliphatic heterocycles. The highest BCUT2D eigenvalue weighted by Gasteiger charge is 2.12. The van der Waals surface area contributed by atoms with Crippen molar-refractivity contribution in [2.45, 2.75) is 0 Å². The second-order valence-corrected chi connectivity index (χ2v) is 5.66. The molecule has 0 spiro atoms. The van der Waals surface area contributed by atoms with E-state index in [-0.39, 0.29) is 0 Å². The van der Waals surface area contributed by atoms with Crippen molar-refractivity contribution in [2.75, 3.05) is 0 Å². The Bertz CT molecular complexity index is 1160. The Labute approximate surface area is 138 Å². The Morgan fingerprint density at radius 1 is 0.833 bits per heavy atom. The molecule has 2 heterocycles. The van der Waals surface area contributed by atoms with E-state index < -0.39 is 0 Å². The summed E-state index contributed by atoms with van der Waals surface area (Å²) in [6, 6.07) is 22.2. The molecular formula is C20H13N3O. The van der Waals surface area contributed by atoms with Gasteiger partial charge in [0.05, 0.1) is 17.4 Å². The summed E-state index contributed by atoms with van der Waals surface area (Å²) in [5, 5.41) is 6.67. The maximum absolute atomic E-state index is 5.95. The predicted molar refractivity (Wildman–Crippen MR) is 94.1 cm³/mol. The molecule has 24 heavy (non-hydrogen) atoms.